The molecule has 1 amide bonds. The quantitative estimate of drug-likeness (QED) is 0.762. The molecule has 0 atom stereocenters. The first-order valence-corrected chi connectivity index (χ1v) is 11.0. The van der Waals surface area contributed by atoms with Gasteiger partial charge in [0, 0.05) is 38.4 Å². The van der Waals surface area contributed by atoms with E-state index < -0.39 is 10.0 Å². The number of benzene rings is 2. The molecule has 29 heavy (non-hydrogen) atoms. The highest BCUT2D eigenvalue weighted by atomic mass is 32.2. The van der Waals surface area contributed by atoms with Crippen LogP contribution in [0.1, 0.15) is 11.1 Å². The minimum absolute atomic E-state index is 0.0423. The summed E-state index contributed by atoms with van der Waals surface area (Å²) in [5.74, 6) is 0.0427. The first-order valence-electron chi connectivity index (χ1n) is 9.60. The Morgan fingerprint density at radius 3 is 2.41 bits per heavy atom. The molecule has 0 N–H and O–H groups in total. The Bertz CT molecular complexity index is 1070. The van der Waals surface area contributed by atoms with Crippen LogP contribution in [0.3, 0.4) is 0 Å². The summed E-state index contributed by atoms with van der Waals surface area (Å²) in [6.07, 6.45) is 0.867. The maximum atomic E-state index is 12.9. The second-order valence-corrected chi connectivity index (χ2v) is 9.12. The standard InChI is InChI=1S/C21H22N4O3S/c22-15-18-6-2-4-8-20(18)29(27,28)24-13-11-23(12-14-24)16-21(26)25-10-9-17-5-1-3-7-19(17)25/h1-8H,9-14,16H2. The van der Waals surface area contributed by atoms with E-state index in [4.69, 9.17) is 0 Å². The third-order valence-corrected chi connectivity index (χ3v) is 7.46. The van der Waals surface area contributed by atoms with Crippen LogP contribution in [0.5, 0.6) is 0 Å². The third-order valence-electron chi connectivity index (χ3n) is 5.50. The van der Waals surface area contributed by atoms with Crippen LogP contribution < -0.4 is 4.90 Å². The zero-order chi connectivity index (χ0) is 20.4. The zero-order valence-electron chi connectivity index (χ0n) is 16.0. The number of nitriles is 1. The van der Waals surface area contributed by atoms with E-state index in [2.05, 4.69) is 0 Å². The van der Waals surface area contributed by atoms with Gasteiger partial charge in [0.2, 0.25) is 15.9 Å². The summed E-state index contributed by atoms with van der Waals surface area (Å²) in [6, 6.07) is 16.1. The van der Waals surface area contributed by atoms with Crippen LogP contribution in [-0.4, -0.2) is 62.8 Å². The number of rotatable bonds is 4. The smallest absolute Gasteiger partial charge is 0.244 e. The monoisotopic (exact) mass is 410 g/mol. The van der Waals surface area contributed by atoms with Crippen molar-refractivity contribution in [1.29, 1.82) is 5.26 Å². The molecule has 2 aromatic rings. The summed E-state index contributed by atoms with van der Waals surface area (Å²) in [5, 5.41) is 9.21. The van der Waals surface area contributed by atoms with Gasteiger partial charge >= 0.3 is 0 Å². The fourth-order valence-electron chi connectivity index (χ4n) is 3.92. The van der Waals surface area contributed by atoms with Crippen LogP contribution in [0.2, 0.25) is 0 Å². The van der Waals surface area contributed by atoms with Crippen LogP contribution in [0, 0.1) is 11.3 Å². The van der Waals surface area contributed by atoms with Gasteiger partial charge in [-0.15, -0.1) is 0 Å². The van der Waals surface area contributed by atoms with Crippen LogP contribution in [0.15, 0.2) is 53.4 Å². The van der Waals surface area contributed by atoms with Crippen molar-refractivity contribution in [3.05, 3.63) is 59.7 Å². The second-order valence-electron chi connectivity index (χ2n) is 7.21. The normalized spacial score (nSPS) is 17.7. The summed E-state index contributed by atoms with van der Waals surface area (Å²) < 4.78 is 27.2. The SMILES string of the molecule is N#Cc1ccccc1S(=O)(=O)N1CCN(CC(=O)N2CCc3ccccc32)CC1. The van der Waals surface area contributed by atoms with E-state index in [0.29, 0.717) is 32.7 Å². The summed E-state index contributed by atoms with van der Waals surface area (Å²) >= 11 is 0. The number of fused-ring (bicyclic) bond motifs is 1. The van der Waals surface area contributed by atoms with Crippen molar-refractivity contribution in [3.63, 3.8) is 0 Å². The zero-order valence-corrected chi connectivity index (χ0v) is 16.8. The number of hydrogen-bond acceptors (Lipinski definition) is 5. The molecule has 2 heterocycles. The van der Waals surface area contributed by atoms with E-state index in [-0.39, 0.29) is 22.9 Å². The minimum Gasteiger partial charge on any atom is -0.311 e. The molecule has 1 saturated heterocycles. The second kappa shape index (κ2) is 7.95. The molecule has 7 nitrogen and oxygen atoms in total. The predicted octanol–water partition coefficient (Wildman–Crippen LogP) is 1.45. The maximum absolute atomic E-state index is 12.9. The fourth-order valence-corrected chi connectivity index (χ4v) is 5.49. The number of carbonyl (C=O) groups excluding carboxylic acids is 1. The Morgan fingerprint density at radius 2 is 1.66 bits per heavy atom. The lowest BCUT2D eigenvalue weighted by molar-refractivity contribution is -0.119. The highest BCUT2D eigenvalue weighted by Crippen LogP contribution is 2.27. The van der Waals surface area contributed by atoms with Crippen molar-refractivity contribution in [2.45, 2.75) is 11.3 Å². The number of para-hydroxylation sites is 1. The van der Waals surface area contributed by atoms with Crippen LogP contribution >= 0.6 is 0 Å². The van der Waals surface area contributed by atoms with Gasteiger partial charge in [-0.1, -0.05) is 30.3 Å². The lowest BCUT2D eigenvalue weighted by Gasteiger charge is -2.34. The Hall–Kier alpha value is -2.73. The van der Waals surface area contributed by atoms with Crippen molar-refractivity contribution >= 4 is 21.6 Å². The summed E-state index contributed by atoms with van der Waals surface area (Å²) in [4.78, 5) is 16.6. The molecule has 2 aliphatic rings. The van der Waals surface area contributed by atoms with E-state index in [1.54, 1.807) is 12.1 Å². The van der Waals surface area contributed by atoms with Crippen molar-refractivity contribution in [1.82, 2.24) is 9.21 Å². The Balaban J connectivity index is 1.39. The summed E-state index contributed by atoms with van der Waals surface area (Å²) in [6.45, 7) is 2.52. The van der Waals surface area contributed by atoms with E-state index >= 15 is 0 Å². The molecule has 1 fully saturated rings. The number of anilines is 1. The molecular formula is C21H22N4O3S. The fraction of sp³-hybridized carbons (Fsp3) is 0.333. The van der Waals surface area contributed by atoms with Gasteiger partial charge < -0.3 is 4.90 Å². The van der Waals surface area contributed by atoms with Gasteiger partial charge in [0.15, 0.2) is 0 Å². The molecule has 2 aliphatic heterocycles. The Morgan fingerprint density at radius 1 is 0.966 bits per heavy atom. The molecule has 2 aromatic carbocycles. The van der Waals surface area contributed by atoms with Gasteiger partial charge in [0.1, 0.15) is 6.07 Å². The predicted molar refractivity (Wildman–Crippen MR) is 109 cm³/mol. The average molecular weight is 410 g/mol. The maximum Gasteiger partial charge on any atom is 0.244 e. The number of nitrogens with zero attached hydrogens (tertiary/aromatic N) is 4. The van der Waals surface area contributed by atoms with Gasteiger partial charge in [0.05, 0.1) is 17.0 Å². The van der Waals surface area contributed by atoms with Crippen LogP contribution in [0.25, 0.3) is 0 Å². The molecule has 0 aromatic heterocycles. The molecule has 150 valence electrons. The van der Waals surface area contributed by atoms with Gasteiger partial charge in [0.25, 0.3) is 0 Å². The lowest BCUT2D eigenvalue weighted by atomic mass is 10.2. The number of hydrogen-bond donors (Lipinski definition) is 0. The van der Waals surface area contributed by atoms with Crippen molar-refractivity contribution in [2.24, 2.45) is 0 Å². The number of carbonyl (C=O) groups is 1. The topological polar surface area (TPSA) is 84.7 Å². The number of amides is 1. The van der Waals surface area contributed by atoms with Crippen molar-refractivity contribution in [3.8, 4) is 6.07 Å². The third kappa shape index (κ3) is 3.77. The minimum atomic E-state index is -3.72. The molecule has 8 heteroatoms. The van der Waals surface area contributed by atoms with Crippen molar-refractivity contribution in [2.75, 3.05) is 44.2 Å². The van der Waals surface area contributed by atoms with E-state index in [1.807, 2.05) is 40.1 Å². The highest BCUT2D eigenvalue weighted by molar-refractivity contribution is 7.89. The molecule has 0 unspecified atom stereocenters. The van der Waals surface area contributed by atoms with E-state index in [0.717, 1.165) is 12.1 Å². The Labute approximate surface area is 170 Å². The van der Waals surface area contributed by atoms with Gasteiger partial charge in [-0.05, 0) is 30.2 Å². The summed E-state index contributed by atoms with van der Waals surface area (Å²) in [7, 11) is -3.72. The number of piperazine rings is 1. The molecular weight excluding hydrogens is 388 g/mol. The summed E-state index contributed by atoms with van der Waals surface area (Å²) in [5.41, 5.74) is 2.32. The van der Waals surface area contributed by atoms with Gasteiger partial charge in [-0.25, -0.2) is 8.42 Å². The Kier molecular flexibility index (Phi) is 5.37. The highest BCUT2D eigenvalue weighted by Gasteiger charge is 2.32. The number of sulfonamides is 1. The van der Waals surface area contributed by atoms with Gasteiger partial charge in [-0.3, -0.25) is 9.69 Å². The van der Waals surface area contributed by atoms with Crippen LogP contribution in [-0.2, 0) is 21.2 Å². The van der Waals surface area contributed by atoms with Gasteiger partial charge in [-0.2, -0.15) is 9.57 Å². The molecule has 4 rings (SSSR count). The molecule has 0 saturated carbocycles. The first kappa shape index (κ1) is 19.6. The lowest BCUT2D eigenvalue weighted by Crippen LogP contribution is -2.51. The molecule has 0 radical (unpaired) electrons. The molecule has 0 spiro atoms. The van der Waals surface area contributed by atoms with Crippen molar-refractivity contribution < 1.29 is 13.2 Å². The molecule has 0 aliphatic carbocycles. The molecule has 0 bridgehead atoms. The van der Waals surface area contributed by atoms with E-state index in [1.165, 1.54) is 22.0 Å². The van der Waals surface area contributed by atoms with E-state index in [9.17, 15) is 18.5 Å². The van der Waals surface area contributed by atoms with Crippen LogP contribution in [0.4, 0.5) is 5.69 Å². The first-order chi connectivity index (χ1) is 14.0. The average Bonchev–Trinajstić information content (AvgIpc) is 3.18. The largest absolute Gasteiger partial charge is 0.311 e.